The average Bonchev–Trinajstić information content (AvgIpc) is 2.86. The third kappa shape index (κ3) is 3.94. The zero-order valence-corrected chi connectivity index (χ0v) is 14.5. The van der Waals surface area contributed by atoms with E-state index in [-0.39, 0.29) is 11.3 Å². The number of nitro benzene ring substituents is 1. The summed E-state index contributed by atoms with van der Waals surface area (Å²) in [5, 5.41) is 18.7. The highest BCUT2D eigenvalue weighted by Crippen LogP contribution is 2.28. The van der Waals surface area contributed by atoms with Crippen molar-refractivity contribution in [3.63, 3.8) is 0 Å². The van der Waals surface area contributed by atoms with Gasteiger partial charge in [0.1, 0.15) is 5.56 Å². The van der Waals surface area contributed by atoms with Gasteiger partial charge < -0.3 is 14.8 Å². The number of nitrogens with zero attached hydrogens (tertiary/aromatic N) is 3. The van der Waals surface area contributed by atoms with Crippen LogP contribution in [0.3, 0.4) is 0 Å². The number of ether oxygens (including phenoxy) is 2. The molecule has 0 saturated carbocycles. The molecule has 0 fully saturated rings. The Morgan fingerprint density at radius 3 is 2.68 bits per heavy atom. The second-order valence-corrected chi connectivity index (χ2v) is 5.37. The summed E-state index contributed by atoms with van der Waals surface area (Å²) in [6, 6.07) is 4.21. The standard InChI is InChI=1S/C16H20N4O5/c1-10-15(11(2)19(18-10)7-8-24-3)17-12-5-6-14(20(22)23)13(9-12)16(21)25-4/h5-6,9,17H,7-8H2,1-4H3. The van der Waals surface area contributed by atoms with E-state index in [0.29, 0.717) is 18.8 Å². The third-order valence-electron chi connectivity index (χ3n) is 3.76. The molecule has 0 bridgehead atoms. The van der Waals surface area contributed by atoms with Crippen molar-refractivity contribution < 1.29 is 19.2 Å². The maximum Gasteiger partial charge on any atom is 0.344 e. The number of carbonyl (C=O) groups excluding carboxylic acids is 1. The Hall–Kier alpha value is -2.94. The Kier molecular flexibility index (Phi) is 5.71. The van der Waals surface area contributed by atoms with Crippen LogP contribution in [0.1, 0.15) is 21.7 Å². The molecule has 134 valence electrons. The third-order valence-corrected chi connectivity index (χ3v) is 3.76. The van der Waals surface area contributed by atoms with Gasteiger partial charge in [-0.15, -0.1) is 0 Å². The number of rotatable bonds is 7. The van der Waals surface area contributed by atoms with Gasteiger partial charge in [0.05, 0.1) is 42.3 Å². The van der Waals surface area contributed by atoms with Crippen LogP contribution in [0.5, 0.6) is 0 Å². The molecule has 25 heavy (non-hydrogen) atoms. The highest BCUT2D eigenvalue weighted by Gasteiger charge is 2.22. The van der Waals surface area contributed by atoms with Crippen molar-refractivity contribution in [1.82, 2.24) is 9.78 Å². The zero-order chi connectivity index (χ0) is 18.6. The Morgan fingerprint density at radius 2 is 2.08 bits per heavy atom. The molecule has 0 spiro atoms. The molecule has 0 saturated heterocycles. The van der Waals surface area contributed by atoms with Crippen LogP contribution < -0.4 is 5.32 Å². The molecular weight excluding hydrogens is 328 g/mol. The molecule has 2 aromatic rings. The Morgan fingerprint density at radius 1 is 1.36 bits per heavy atom. The van der Waals surface area contributed by atoms with Crippen molar-refractivity contribution in [2.24, 2.45) is 0 Å². The predicted octanol–water partition coefficient (Wildman–Crippen LogP) is 2.58. The molecule has 9 heteroatoms. The highest BCUT2D eigenvalue weighted by molar-refractivity contribution is 5.95. The van der Waals surface area contributed by atoms with Crippen molar-refractivity contribution in [2.75, 3.05) is 26.1 Å². The minimum atomic E-state index is -0.764. The molecule has 0 unspecified atom stereocenters. The summed E-state index contributed by atoms with van der Waals surface area (Å²) in [4.78, 5) is 22.3. The van der Waals surface area contributed by atoms with Crippen LogP contribution in [0.4, 0.5) is 17.1 Å². The van der Waals surface area contributed by atoms with Gasteiger partial charge in [0.2, 0.25) is 0 Å². The lowest BCUT2D eigenvalue weighted by atomic mass is 10.1. The van der Waals surface area contributed by atoms with E-state index in [0.717, 1.165) is 17.1 Å². The fraction of sp³-hybridized carbons (Fsp3) is 0.375. The molecule has 2 rings (SSSR count). The number of nitrogens with one attached hydrogen (secondary N) is 1. The van der Waals surface area contributed by atoms with Crippen molar-refractivity contribution >= 4 is 23.0 Å². The SMILES string of the molecule is COCCn1nc(C)c(Nc2ccc([N+](=O)[O-])c(C(=O)OC)c2)c1C. The van der Waals surface area contributed by atoms with Crippen molar-refractivity contribution in [3.8, 4) is 0 Å². The molecule has 0 aliphatic heterocycles. The van der Waals surface area contributed by atoms with Gasteiger partial charge in [0.25, 0.3) is 5.69 Å². The molecule has 0 amide bonds. The van der Waals surface area contributed by atoms with Gasteiger partial charge in [-0.3, -0.25) is 14.8 Å². The van der Waals surface area contributed by atoms with Crippen LogP contribution in [-0.4, -0.2) is 41.5 Å². The molecule has 0 radical (unpaired) electrons. The number of aryl methyl sites for hydroxylation is 1. The van der Waals surface area contributed by atoms with E-state index in [2.05, 4.69) is 15.2 Å². The van der Waals surface area contributed by atoms with Crippen LogP contribution in [-0.2, 0) is 16.0 Å². The smallest absolute Gasteiger partial charge is 0.344 e. The lowest BCUT2D eigenvalue weighted by Gasteiger charge is -2.09. The molecule has 1 aromatic carbocycles. The first-order valence-corrected chi connectivity index (χ1v) is 7.55. The summed E-state index contributed by atoms with van der Waals surface area (Å²) in [6.07, 6.45) is 0. The molecule has 0 atom stereocenters. The number of carbonyl (C=O) groups is 1. The minimum Gasteiger partial charge on any atom is -0.465 e. The van der Waals surface area contributed by atoms with Crippen molar-refractivity contribution in [1.29, 1.82) is 0 Å². The van der Waals surface area contributed by atoms with Crippen LogP contribution in [0.25, 0.3) is 0 Å². The predicted molar refractivity (Wildman–Crippen MR) is 91.3 cm³/mol. The van der Waals surface area contributed by atoms with Gasteiger partial charge in [-0.2, -0.15) is 5.10 Å². The summed E-state index contributed by atoms with van der Waals surface area (Å²) in [5.74, 6) is -0.764. The maximum atomic E-state index is 11.8. The number of methoxy groups -OCH3 is 2. The number of anilines is 2. The first kappa shape index (κ1) is 18.4. The maximum absolute atomic E-state index is 11.8. The molecule has 9 nitrogen and oxygen atoms in total. The lowest BCUT2D eigenvalue weighted by Crippen LogP contribution is -2.08. The molecular formula is C16H20N4O5. The summed E-state index contributed by atoms with van der Waals surface area (Å²) in [5.41, 5.74) is 2.56. The molecule has 0 aliphatic rings. The number of nitro groups is 1. The quantitative estimate of drug-likeness (QED) is 0.465. The van der Waals surface area contributed by atoms with Gasteiger partial charge in [-0.1, -0.05) is 0 Å². The Balaban J connectivity index is 2.36. The minimum absolute atomic E-state index is 0.111. The molecule has 1 aromatic heterocycles. The lowest BCUT2D eigenvalue weighted by molar-refractivity contribution is -0.385. The normalized spacial score (nSPS) is 10.6. The van der Waals surface area contributed by atoms with E-state index in [1.807, 2.05) is 18.5 Å². The van der Waals surface area contributed by atoms with E-state index in [1.54, 1.807) is 7.11 Å². The summed E-state index contributed by atoms with van der Waals surface area (Å²) in [6.45, 7) is 4.90. The summed E-state index contributed by atoms with van der Waals surface area (Å²) >= 11 is 0. The van der Waals surface area contributed by atoms with Gasteiger partial charge in [0, 0.05) is 18.9 Å². The van der Waals surface area contributed by atoms with E-state index in [4.69, 9.17) is 4.74 Å². The van der Waals surface area contributed by atoms with E-state index in [9.17, 15) is 14.9 Å². The van der Waals surface area contributed by atoms with Gasteiger partial charge in [-0.05, 0) is 26.0 Å². The van der Waals surface area contributed by atoms with Crippen LogP contribution in [0.15, 0.2) is 18.2 Å². The fourth-order valence-electron chi connectivity index (χ4n) is 2.46. The first-order chi connectivity index (χ1) is 11.9. The van der Waals surface area contributed by atoms with E-state index >= 15 is 0 Å². The van der Waals surface area contributed by atoms with Crippen molar-refractivity contribution in [3.05, 3.63) is 45.3 Å². The largest absolute Gasteiger partial charge is 0.465 e. The van der Waals surface area contributed by atoms with Gasteiger partial charge in [-0.25, -0.2) is 4.79 Å². The van der Waals surface area contributed by atoms with Gasteiger partial charge in [0.15, 0.2) is 0 Å². The number of hydrogen-bond acceptors (Lipinski definition) is 7. The molecule has 0 aliphatic carbocycles. The number of aromatic nitrogens is 2. The Bertz CT molecular complexity index is 800. The second-order valence-electron chi connectivity index (χ2n) is 5.37. The zero-order valence-electron chi connectivity index (χ0n) is 14.5. The average molecular weight is 348 g/mol. The number of benzene rings is 1. The van der Waals surface area contributed by atoms with Gasteiger partial charge >= 0.3 is 5.97 Å². The van der Waals surface area contributed by atoms with Crippen LogP contribution in [0.2, 0.25) is 0 Å². The van der Waals surface area contributed by atoms with E-state index < -0.39 is 10.9 Å². The highest BCUT2D eigenvalue weighted by atomic mass is 16.6. The second kappa shape index (κ2) is 7.75. The molecule has 1 N–H and O–H groups in total. The van der Waals surface area contributed by atoms with Crippen molar-refractivity contribution in [2.45, 2.75) is 20.4 Å². The van der Waals surface area contributed by atoms with Crippen LogP contribution >= 0.6 is 0 Å². The van der Waals surface area contributed by atoms with E-state index in [1.165, 1.54) is 25.3 Å². The monoisotopic (exact) mass is 348 g/mol. The number of hydrogen-bond donors (Lipinski definition) is 1. The fourth-order valence-corrected chi connectivity index (χ4v) is 2.46. The molecule has 1 heterocycles. The first-order valence-electron chi connectivity index (χ1n) is 7.55. The van der Waals surface area contributed by atoms with Crippen LogP contribution in [0, 0.1) is 24.0 Å². The summed E-state index contributed by atoms with van der Waals surface area (Å²) in [7, 11) is 2.80. The topological polar surface area (TPSA) is 109 Å². The number of esters is 1. The Labute approximate surface area is 144 Å². The summed E-state index contributed by atoms with van der Waals surface area (Å²) < 4.78 is 11.5.